The maximum Gasteiger partial charge on any atom is 0.230 e. The normalized spacial score (nSPS) is 9.93. The van der Waals surface area contributed by atoms with Crippen LogP contribution in [0, 0.1) is 0 Å². The molecular formula is C11H16N2O2. The second-order valence-electron chi connectivity index (χ2n) is 3.21. The predicted octanol–water partition coefficient (Wildman–Crippen LogP) is 0.755. The van der Waals surface area contributed by atoms with Crippen molar-refractivity contribution in [2.45, 2.75) is 19.4 Å². The van der Waals surface area contributed by atoms with Crippen molar-refractivity contribution in [2.24, 2.45) is 5.73 Å². The molecule has 1 aromatic carbocycles. The van der Waals surface area contributed by atoms with Gasteiger partial charge in [0.25, 0.3) is 0 Å². The number of nitrogens with one attached hydrogen (secondary N) is 1. The van der Waals surface area contributed by atoms with E-state index in [1.807, 2.05) is 12.1 Å². The molecule has 0 aliphatic heterocycles. The molecule has 0 saturated heterocycles. The molecule has 1 rings (SSSR count). The number of rotatable bonds is 7. The summed E-state index contributed by atoms with van der Waals surface area (Å²) in [6.45, 7) is 1.10. The number of aryl methyl sites for hydroxylation is 1. The molecule has 0 unspecified atom stereocenters. The van der Waals surface area contributed by atoms with Crippen molar-refractivity contribution in [3.63, 3.8) is 0 Å². The first-order valence-corrected chi connectivity index (χ1v) is 4.95. The number of nitrogens with two attached hydrogens (primary N) is 1. The minimum atomic E-state index is 0.524. The van der Waals surface area contributed by atoms with Crippen molar-refractivity contribution in [3.05, 3.63) is 35.4 Å². The molecule has 1 aromatic rings. The van der Waals surface area contributed by atoms with Gasteiger partial charge in [-0.05, 0) is 24.0 Å². The van der Waals surface area contributed by atoms with Crippen LogP contribution in [0.1, 0.15) is 17.5 Å². The molecule has 0 aliphatic carbocycles. The summed E-state index contributed by atoms with van der Waals surface area (Å²) in [5.74, 6) is 0. The molecule has 0 saturated carbocycles. The molecule has 4 nitrogen and oxygen atoms in total. The van der Waals surface area contributed by atoms with E-state index >= 15 is 0 Å². The van der Waals surface area contributed by atoms with Crippen LogP contribution >= 0.6 is 0 Å². The minimum absolute atomic E-state index is 0.524. The van der Waals surface area contributed by atoms with Crippen LogP contribution in [0.4, 0.5) is 0 Å². The first-order chi connectivity index (χ1) is 7.36. The van der Waals surface area contributed by atoms with Crippen molar-refractivity contribution in [3.8, 4) is 0 Å². The van der Waals surface area contributed by atoms with Gasteiger partial charge in [-0.1, -0.05) is 24.3 Å². The highest BCUT2D eigenvalue weighted by molar-refractivity contribution is 5.43. The average molecular weight is 208 g/mol. The Morgan fingerprint density at radius 2 is 1.93 bits per heavy atom. The van der Waals surface area contributed by atoms with E-state index in [0.29, 0.717) is 19.6 Å². The molecule has 0 radical (unpaired) electrons. The fourth-order valence-corrected chi connectivity index (χ4v) is 1.28. The van der Waals surface area contributed by atoms with Gasteiger partial charge < -0.3 is 5.73 Å². The maximum atomic E-state index is 9.86. The second-order valence-corrected chi connectivity index (χ2v) is 3.21. The molecule has 0 fully saturated rings. The number of hydrogen-bond donors (Lipinski definition) is 2. The lowest BCUT2D eigenvalue weighted by atomic mass is 10.1. The molecule has 0 spiro atoms. The van der Waals surface area contributed by atoms with Crippen molar-refractivity contribution in [2.75, 3.05) is 6.61 Å². The number of hydroxylamine groups is 1. The van der Waals surface area contributed by atoms with Crippen molar-refractivity contribution >= 4 is 6.41 Å². The lowest BCUT2D eigenvalue weighted by molar-refractivity contribution is -0.120. The summed E-state index contributed by atoms with van der Waals surface area (Å²) in [4.78, 5) is 14.7. The Hall–Kier alpha value is -1.39. The molecule has 0 aromatic heterocycles. The zero-order valence-corrected chi connectivity index (χ0v) is 8.61. The lowest BCUT2D eigenvalue weighted by Gasteiger charge is -2.03. The van der Waals surface area contributed by atoms with Crippen molar-refractivity contribution in [1.29, 1.82) is 0 Å². The van der Waals surface area contributed by atoms with Crippen LogP contribution in [0.3, 0.4) is 0 Å². The standard InChI is InChI=1S/C11H16N2O2/c12-8-11-5-3-10(4-6-11)2-1-7-15-13-9-14/h3-6,9H,1-2,7-8,12H2,(H,13,14). The number of carbonyl (C=O) groups excluding carboxylic acids is 1. The summed E-state index contributed by atoms with van der Waals surface area (Å²) in [7, 11) is 0. The Morgan fingerprint density at radius 1 is 1.27 bits per heavy atom. The molecule has 0 aliphatic rings. The highest BCUT2D eigenvalue weighted by Crippen LogP contribution is 2.06. The summed E-state index contributed by atoms with van der Waals surface area (Å²) < 4.78 is 0. The van der Waals surface area contributed by atoms with Gasteiger partial charge in [0.1, 0.15) is 0 Å². The van der Waals surface area contributed by atoms with E-state index in [1.165, 1.54) is 5.56 Å². The quantitative estimate of drug-likeness (QED) is 0.395. The zero-order valence-electron chi connectivity index (χ0n) is 8.61. The Balaban J connectivity index is 2.22. The van der Waals surface area contributed by atoms with Gasteiger partial charge in [-0.15, -0.1) is 0 Å². The topological polar surface area (TPSA) is 64.3 Å². The first kappa shape index (κ1) is 11.7. The third-order valence-electron chi connectivity index (χ3n) is 2.10. The van der Waals surface area contributed by atoms with Crippen LogP contribution in [0.15, 0.2) is 24.3 Å². The third kappa shape index (κ3) is 4.58. The van der Waals surface area contributed by atoms with Gasteiger partial charge in [-0.2, -0.15) is 0 Å². The summed E-state index contributed by atoms with van der Waals surface area (Å²) in [6.07, 6.45) is 2.34. The summed E-state index contributed by atoms with van der Waals surface area (Å²) in [6, 6.07) is 8.18. The van der Waals surface area contributed by atoms with Gasteiger partial charge in [0.15, 0.2) is 0 Å². The fourth-order valence-electron chi connectivity index (χ4n) is 1.28. The van der Waals surface area contributed by atoms with E-state index in [2.05, 4.69) is 17.6 Å². The van der Waals surface area contributed by atoms with E-state index < -0.39 is 0 Å². The van der Waals surface area contributed by atoms with Crippen LogP contribution in [0.2, 0.25) is 0 Å². The molecule has 15 heavy (non-hydrogen) atoms. The third-order valence-corrected chi connectivity index (χ3v) is 2.10. The number of benzene rings is 1. The highest BCUT2D eigenvalue weighted by atomic mass is 16.6. The van der Waals surface area contributed by atoms with Crippen molar-refractivity contribution in [1.82, 2.24) is 5.48 Å². The summed E-state index contributed by atoms with van der Waals surface area (Å²) in [5, 5.41) is 0. The van der Waals surface area contributed by atoms with Crippen LogP contribution in [-0.4, -0.2) is 13.0 Å². The Kier molecular flexibility index (Phi) is 5.43. The molecule has 0 heterocycles. The van der Waals surface area contributed by atoms with E-state index in [9.17, 15) is 4.79 Å². The van der Waals surface area contributed by atoms with Gasteiger partial charge in [0.05, 0.1) is 6.61 Å². The Morgan fingerprint density at radius 3 is 2.53 bits per heavy atom. The van der Waals surface area contributed by atoms with Crippen LogP contribution in [0.5, 0.6) is 0 Å². The minimum Gasteiger partial charge on any atom is -0.326 e. The number of carbonyl (C=O) groups is 1. The van der Waals surface area contributed by atoms with E-state index in [4.69, 9.17) is 10.6 Å². The van der Waals surface area contributed by atoms with Gasteiger partial charge >= 0.3 is 0 Å². The molecular weight excluding hydrogens is 192 g/mol. The van der Waals surface area contributed by atoms with Crippen LogP contribution < -0.4 is 11.2 Å². The van der Waals surface area contributed by atoms with Gasteiger partial charge in [0.2, 0.25) is 6.41 Å². The molecule has 82 valence electrons. The van der Waals surface area contributed by atoms with E-state index in [1.54, 1.807) is 0 Å². The van der Waals surface area contributed by atoms with Crippen LogP contribution in [-0.2, 0) is 22.6 Å². The van der Waals surface area contributed by atoms with Gasteiger partial charge in [-0.3, -0.25) is 9.63 Å². The summed E-state index contributed by atoms with van der Waals surface area (Å²) >= 11 is 0. The predicted molar refractivity (Wildman–Crippen MR) is 57.8 cm³/mol. The van der Waals surface area contributed by atoms with E-state index in [-0.39, 0.29) is 0 Å². The molecule has 4 heteroatoms. The second kappa shape index (κ2) is 6.98. The molecule has 3 N–H and O–H groups in total. The number of amides is 1. The Bertz CT molecular complexity index is 285. The molecule has 1 amide bonds. The smallest absolute Gasteiger partial charge is 0.230 e. The maximum absolute atomic E-state index is 9.86. The largest absolute Gasteiger partial charge is 0.326 e. The van der Waals surface area contributed by atoms with Gasteiger partial charge in [0, 0.05) is 6.54 Å². The van der Waals surface area contributed by atoms with E-state index in [0.717, 1.165) is 18.4 Å². The van der Waals surface area contributed by atoms with Crippen LogP contribution in [0.25, 0.3) is 0 Å². The fraction of sp³-hybridized carbons (Fsp3) is 0.364. The highest BCUT2D eigenvalue weighted by Gasteiger charge is 1.94. The molecule has 0 bridgehead atoms. The molecule has 0 atom stereocenters. The average Bonchev–Trinajstić information content (AvgIpc) is 2.30. The lowest BCUT2D eigenvalue weighted by Crippen LogP contribution is -2.12. The SMILES string of the molecule is NCc1ccc(CCCONC=O)cc1. The number of hydrogen-bond acceptors (Lipinski definition) is 3. The Labute approximate surface area is 89.4 Å². The summed E-state index contributed by atoms with van der Waals surface area (Å²) in [5.41, 5.74) is 10.0. The van der Waals surface area contributed by atoms with Gasteiger partial charge in [-0.25, -0.2) is 5.48 Å². The van der Waals surface area contributed by atoms with Crippen molar-refractivity contribution < 1.29 is 9.63 Å². The zero-order chi connectivity index (χ0) is 10.9. The first-order valence-electron chi connectivity index (χ1n) is 4.95. The monoisotopic (exact) mass is 208 g/mol.